The predicted octanol–water partition coefficient (Wildman–Crippen LogP) is 4.50. The summed E-state index contributed by atoms with van der Waals surface area (Å²) in [5, 5.41) is 1.80. The van der Waals surface area contributed by atoms with Crippen molar-refractivity contribution in [3.8, 4) is 17.0 Å². The van der Waals surface area contributed by atoms with Gasteiger partial charge < -0.3 is 9.72 Å². The molecule has 0 saturated carbocycles. The average molecular weight is 258 g/mol. The van der Waals surface area contributed by atoms with E-state index in [-0.39, 0.29) is 0 Å². The Balaban J connectivity index is 2.23. The van der Waals surface area contributed by atoms with E-state index < -0.39 is 0 Å². The van der Waals surface area contributed by atoms with Gasteiger partial charge in [-0.3, -0.25) is 0 Å². The fourth-order valence-corrected chi connectivity index (χ4v) is 2.37. The van der Waals surface area contributed by atoms with Gasteiger partial charge in [-0.25, -0.2) is 0 Å². The summed E-state index contributed by atoms with van der Waals surface area (Å²) >= 11 is 6.21. The van der Waals surface area contributed by atoms with E-state index in [9.17, 15) is 0 Å². The third-order valence-corrected chi connectivity index (χ3v) is 3.34. The number of nitrogens with one attached hydrogen (secondary N) is 1. The van der Waals surface area contributed by atoms with E-state index in [1.54, 1.807) is 7.11 Å². The summed E-state index contributed by atoms with van der Waals surface area (Å²) in [6.07, 6.45) is 0. The molecule has 0 bridgehead atoms. The lowest BCUT2D eigenvalue weighted by Crippen LogP contribution is -1.81. The maximum Gasteiger partial charge on any atom is 0.128 e. The van der Waals surface area contributed by atoms with Crippen LogP contribution in [0.4, 0.5) is 0 Å². The van der Waals surface area contributed by atoms with Gasteiger partial charge in [-0.2, -0.15) is 0 Å². The van der Waals surface area contributed by atoms with E-state index in [1.807, 2.05) is 42.5 Å². The minimum Gasteiger partial charge on any atom is -0.496 e. The normalized spacial score (nSPS) is 10.8. The van der Waals surface area contributed by atoms with E-state index in [0.717, 1.165) is 32.9 Å². The lowest BCUT2D eigenvalue weighted by atomic mass is 10.1. The lowest BCUT2D eigenvalue weighted by Gasteiger charge is -1.99. The van der Waals surface area contributed by atoms with E-state index in [1.165, 1.54) is 0 Å². The molecule has 1 heterocycles. The number of hydrogen-bond donors (Lipinski definition) is 1. The summed E-state index contributed by atoms with van der Waals surface area (Å²) < 4.78 is 5.35. The Morgan fingerprint density at radius 1 is 1.06 bits per heavy atom. The van der Waals surface area contributed by atoms with Crippen LogP contribution < -0.4 is 4.74 Å². The highest BCUT2D eigenvalue weighted by Crippen LogP contribution is 2.33. The molecule has 0 radical (unpaired) electrons. The Morgan fingerprint density at radius 3 is 2.67 bits per heavy atom. The summed E-state index contributed by atoms with van der Waals surface area (Å²) in [4.78, 5) is 3.36. The van der Waals surface area contributed by atoms with Crippen molar-refractivity contribution in [2.24, 2.45) is 0 Å². The van der Waals surface area contributed by atoms with Crippen LogP contribution >= 0.6 is 11.6 Å². The zero-order chi connectivity index (χ0) is 12.5. The molecule has 0 aliphatic rings. The molecule has 18 heavy (non-hydrogen) atoms. The van der Waals surface area contributed by atoms with Gasteiger partial charge in [0, 0.05) is 27.2 Å². The van der Waals surface area contributed by atoms with Gasteiger partial charge >= 0.3 is 0 Å². The van der Waals surface area contributed by atoms with Crippen LogP contribution in [-0.4, -0.2) is 12.1 Å². The van der Waals surface area contributed by atoms with Crippen molar-refractivity contribution in [1.82, 2.24) is 4.98 Å². The van der Waals surface area contributed by atoms with Crippen LogP contribution in [0.5, 0.6) is 5.75 Å². The summed E-state index contributed by atoms with van der Waals surface area (Å²) in [6, 6.07) is 15.8. The molecule has 0 amide bonds. The summed E-state index contributed by atoms with van der Waals surface area (Å²) in [7, 11) is 1.68. The molecule has 3 aromatic rings. The molecular formula is C15H12ClNO. The Morgan fingerprint density at radius 2 is 1.89 bits per heavy atom. The molecule has 3 heteroatoms. The molecule has 2 nitrogen and oxygen atoms in total. The number of benzene rings is 2. The van der Waals surface area contributed by atoms with Crippen LogP contribution in [0.2, 0.25) is 5.02 Å². The molecule has 2 aromatic carbocycles. The van der Waals surface area contributed by atoms with Crippen molar-refractivity contribution in [1.29, 1.82) is 0 Å². The smallest absolute Gasteiger partial charge is 0.128 e. The molecule has 0 aliphatic carbocycles. The van der Waals surface area contributed by atoms with Crippen molar-refractivity contribution in [2.45, 2.75) is 0 Å². The van der Waals surface area contributed by atoms with Crippen molar-refractivity contribution in [3.05, 3.63) is 53.6 Å². The van der Waals surface area contributed by atoms with E-state index in [4.69, 9.17) is 16.3 Å². The molecule has 3 rings (SSSR count). The number of aromatic nitrogens is 1. The van der Waals surface area contributed by atoms with Crippen LogP contribution in [0, 0.1) is 0 Å². The number of methoxy groups -OCH3 is 1. The highest BCUT2D eigenvalue weighted by molar-refractivity contribution is 6.33. The SMILES string of the molecule is COc1cccc2[nH]c(-c3ccccc3Cl)cc12. The number of H-pyrrole nitrogens is 1. The van der Waals surface area contributed by atoms with E-state index in [0.29, 0.717) is 0 Å². The first-order valence-corrected chi connectivity index (χ1v) is 6.08. The summed E-state index contributed by atoms with van der Waals surface area (Å²) in [6.45, 7) is 0. The number of aromatic amines is 1. The quantitative estimate of drug-likeness (QED) is 0.719. The fourth-order valence-electron chi connectivity index (χ4n) is 2.13. The number of rotatable bonds is 2. The largest absolute Gasteiger partial charge is 0.496 e. The first kappa shape index (κ1) is 11.2. The predicted molar refractivity (Wildman–Crippen MR) is 75.3 cm³/mol. The Bertz CT molecular complexity index is 703. The van der Waals surface area contributed by atoms with Gasteiger partial charge in [0.25, 0.3) is 0 Å². The van der Waals surface area contributed by atoms with Crippen molar-refractivity contribution in [3.63, 3.8) is 0 Å². The molecule has 0 aliphatic heterocycles. The van der Waals surface area contributed by atoms with Gasteiger partial charge in [0.05, 0.1) is 7.11 Å². The van der Waals surface area contributed by atoms with Crippen LogP contribution in [0.1, 0.15) is 0 Å². The molecule has 1 aromatic heterocycles. The first-order chi connectivity index (χ1) is 8.79. The molecule has 0 fully saturated rings. The molecule has 0 spiro atoms. The monoisotopic (exact) mass is 257 g/mol. The van der Waals surface area contributed by atoms with Crippen LogP contribution in [0.25, 0.3) is 22.2 Å². The average Bonchev–Trinajstić information content (AvgIpc) is 2.82. The number of fused-ring (bicyclic) bond motifs is 1. The Kier molecular flexibility index (Phi) is 2.73. The minimum absolute atomic E-state index is 0.739. The number of ether oxygens (including phenoxy) is 1. The molecular weight excluding hydrogens is 246 g/mol. The molecule has 0 unspecified atom stereocenters. The Hall–Kier alpha value is -1.93. The highest BCUT2D eigenvalue weighted by Gasteiger charge is 2.09. The second kappa shape index (κ2) is 4.39. The van der Waals surface area contributed by atoms with Gasteiger partial charge in [0.2, 0.25) is 0 Å². The zero-order valence-electron chi connectivity index (χ0n) is 9.91. The fraction of sp³-hybridized carbons (Fsp3) is 0.0667. The topological polar surface area (TPSA) is 25.0 Å². The summed E-state index contributed by atoms with van der Waals surface area (Å²) in [5.41, 5.74) is 3.04. The van der Waals surface area contributed by atoms with Crippen LogP contribution in [-0.2, 0) is 0 Å². The molecule has 0 saturated heterocycles. The van der Waals surface area contributed by atoms with E-state index in [2.05, 4.69) is 11.1 Å². The maximum absolute atomic E-state index is 6.21. The van der Waals surface area contributed by atoms with Crippen LogP contribution in [0.3, 0.4) is 0 Å². The van der Waals surface area contributed by atoms with Gasteiger partial charge in [0.1, 0.15) is 5.75 Å². The molecule has 90 valence electrons. The van der Waals surface area contributed by atoms with Crippen molar-refractivity contribution < 1.29 is 4.74 Å². The lowest BCUT2D eigenvalue weighted by molar-refractivity contribution is 0.420. The van der Waals surface area contributed by atoms with Gasteiger partial charge in [-0.05, 0) is 24.3 Å². The van der Waals surface area contributed by atoms with E-state index >= 15 is 0 Å². The zero-order valence-corrected chi connectivity index (χ0v) is 10.7. The number of halogens is 1. The third kappa shape index (κ3) is 1.75. The third-order valence-electron chi connectivity index (χ3n) is 3.01. The number of hydrogen-bond acceptors (Lipinski definition) is 1. The minimum atomic E-state index is 0.739. The van der Waals surface area contributed by atoms with Gasteiger partial charge in [-0.15, -0.1) is 0 Å². The molecule has 1 N–H and O–H groups in total. The molecule has 0 atom stereocenters. The second-order valence-corrected chi connectivity index (χ2v) is 4.49. The van der Waals surface area contributed by atoms with Gasteiger partial charge in [-0.1, -0.05) is 35.9 Å². The van der Waals surface area contributed by atoms with Gasteiger partial charge in [0.15, 0.2) is 0 Å². The Labute approximate surface area is 110 Å². The highest BCUT2D eigenvalue weighted by atomic mass is 35.5. The summed E-state index contributed by atoms with van der Waals surface area (Å²) in [5.74, 6) is 0.863. The van der Waals surface area contributed by atoms with Crippen molar-refractivity contribution >= 4 is 22.5 Å². The second-order valence-electron chi connectivity index (χ2n) is 4.08. The van der Waals surface area contributed by atoms with Crippen molar-refractivity contribution in [2.75, 3.05) is 7.11 Å². The standard InChI is InChI=1S/C15H12ClNO/c1-18-15-8-4-7-13-11(15)9-14(17-13)10-5-2-3-6-12(10)16/h2-9,17H,1H3. The van der Waals surface area contributed by atoms with Crippen LogP contribution in [0.15, 0.2) is 48.5 Å². The first-order valence-electron chi connectivity index (χ1n) is 5.70. The maximum atomic E-state index is 6.21.